The Kier molecular flexibility index (Phi) is 3.62. The predicted molar refractivity (Wildman–Crippen MR) is 60.9 cm³/mol. The molecule has 1 aromatic heterocycles. The first-order chi connectivity index (χ1) is 7.35. The molecule has 3 nitrogen and oxygen atoms in total. The lowest BCUT2D eigenvalue weighted by Crippen LogP contribution is -2.23. The van der Waals surface area contributed by atoms with E-state index in [1.807, 2.05) is 10.9 Å². The van der Waals surface area contributed by atoms with Crippen molar-refractivity contribution in [1.82, 2.24) is 15.0 Å². The van der Waals surface area contributed by atoms with Gasteiger partial charge in [-0.1, -0.05) is 31.4 Å². The van der Waals surface area contributed by atoms with E-state index >= 15 is 0 Å². The summed E-state index contributed by atoms with van der Waals surface area (Å²) in [6.45, 7) is 2.27. The van der Waals surface area contributed by atoms with E-state index in [1.54, 1.807) is 0 Å². The Morgan fingerprint density at radius 2 is 2.27 bits per heavy atom. The molecule has 4 heteroatoms. The highest BCUT2D eigenvalue weighted by atomic mass is 35.5. The highest BCUT2D eigenvalue weighted by Crippen LogP contribution is 2.35. The molecule has 0 aliphatic heterocycles. The summed E-state index contributed by atoms with van der Waals surface area (Å²) < 4.78 is 2.03. The zero-order valence-electron chi connectivity index (χ0n) is 9.19. The van der Waals surface area contributed by atoms with Crippen molar-refractivity contribution < 1.29 is 0 Å². The SMILES string of the molecule is CCC1CCCCC1n1cc(CCl)nn1. The largest absolute Gasteiger partial charge is 0.249 e. The van der Waals surface area contributed by atoms with Crippen molar-refractivity contribution in [2.75, 3.05) is 0 Å². The molecule has 0 N–H and O–H groups in total. The van der Waals surface area contributed by atoms with Crippen molar-refractivity contribution in [2.24, 2.45) is 5.92 Å². The van der Waals surface area contributed by atoms with Crippen LogP contribution in [0.1, 0.15) is 50.8 Å². The summed E-state index contributed by atoms with van der Waals surface area (Å²) in [4.78, 5) is 0. The molecular weight excluding hydrogens is 210 g/mol. The summed E-state index contributed by atoms with van der Waals surface area (Å²) in [5.74, 6) is 1.23. The lowest BCUT2D eigenvalue weighted by Gasteiger charge is -2.30. The van der Waals surface area contributed by atoms with E-state index in [-0.39, 0.29) is 0 Å². The normalized spacial score (nSPS) is 26.8. The predicted octanol–water partition coefficient (Wildman–Crippen LogP) is 3.16. The van der Waals surface area contributed by atoms with Gasteiger partial charge in [-0.2, -0.15) is 0 Å². The monoisotopic (exact) mass is 227 g/mol. The van der Waals surface area contributed by atoms with Crippen molar-refractivity contribution in [2.45, 2.75) is 50.9 Å². The summed E-state index contributed by atoms with van der Waals surface area (Å²) in [5, 5.41) is 8.25. The first kappa shape index (κ1) is 10.9. The third-order valence-corrected chi connectivity index (χ3v) is 3.70. The highest BCUT2D eigenvalue weighted by molar-refractivity contribution is 6.16. The van der Waals surface area contributed by atoms with Crippen molar-refractivity contribution in [1.29, 1.82) is 0 Å². The van der Waals surface area contributed by atoms with Crippen molar-refractivity contribution in [3.05, 3.63) is 11.9 Å². The lowest BCUT2D eigenvalue weighted by atomic mass is 9.83. The molecule has 84 valence electrons. The maximum Gasteiger partial charge on any atom is 0.0974 e. The van der Waals surface area contributed by atoms with Gasteiger partial charge in [0.25, 0.3) is 0 Å². The van der Waals surface area contributed by atoms with E-state index in [0.29, 0.717) is 11.9 Å². The molecule has 1 aromatic rings. The van der Waals surface area contributed by atoms with Crippen molar-refractivity contribution in [3.8, 4) is 0 Å². The van der Waals surface area contributed by atoms with Crippen LogP contribution >= 0.6 is 11.6 Å². The molecule has 2 unspecified atom stereocenters. The van der Waals surface area contributed by atoms with E-state index in [0.717, 1.165) is 11.6 Å². The molecule has 0 amide bonds. The molecule has 1 heterocycles. The van der Waals surface area contributed by atoms with Gasteiger partial charge in [-0.3, -0.25) is 0 Å². The minimum absolute atomic E-state index is 0.462. The van der Waals surface area contributed by atoms with Crippen molar-refractivity contribution in [3.63, 3.8) is 0 Å². The fourth-order valence-corrected chi connectivity index (χ4v) is 2.67. The molecule has 0 spiro atoms. The van der Waals surface area contributed by atoms with Crippen LogP contribution in [0.15, 0.2) is 6.20 Å². The molecule has 1 aliphatic rings. The van der Waals surface area contributed by atoms with Crippen LogP contribution in [-0.2, 0) is 5.88 Å². The minimum atomic E-state index is 0.462. The molecule has 15 heavy (non-hydrogen) atoms. The summed E-state index contributed by atoms with van der Waals surface area (Å²) in [5.41, 5.74) is 0.886. The maximum absolute atomic E-state index is 5.73. The maximum atomic E-state index is 5.73. The van der Waals surface area contributed by atoms with Gasteiger partial charge in [0.05, 0.1) is 17.6 Å². The topological polar surface area (TPSA) is 30.7 Å². The van der Waals surface area contributed by atoms with Crippen LogP contribution in [-0.4, -0.2) is 15.0 Å². The molecule has 2 atom stereocenters. The quantitative estimate of drug-likeness (QED) is 0.743. The summed E-state index contributed by atoms with van der Waals surface area (Å²) in [6.07, 6.45) is 8.50. The van der Waals surface area contributed by atoms with E-state index < -0.39 is 0 Å². The van der Waals surface area contributed by atoms with Crippen LogP contribution in [0.5, 0.6) is 0 Å². The molecule has 0 aromatic carbocycles. The molecule has 1 fully saturated rings. The Bertz CT molecular complexity index is 311. The molecule has 0 saturated heterocycles. The average molecular weight is 228 g/mol. The Balaban J connectivity index is 2.12. The second kappa shape index (κ2) is 4.97. The van der Waals surface area contributed by atoms with Gasteiger partial charge >= 0.3 is 0 Å². The van der Waals surface area contributed by atoms with Crippen LogP contribution in [0.25, 0.3) is 0 Å². The average Bonchev–Trinajstić information content (AvgIpc) is 2.77. The van der Waals surface area contributed by atoms with Crippen LogP contribution in [0.2, 0.25) is 0 Å². The van der Waals surface area contributed by atoms with Gasteiger partial charge in [0.2, 0.25) is 0 Å². The number of halogens is 1. The van der Waals surface area contributed by atoms with Gasteiger partial charge in [-0.25, -0.2) is 4.68 Å². The summed E-state index contributed by atoms with van der Waals surface area (Å²) in [6, 6.07) is 0.549. The Hall–Kier alpha value is -0.570. The van der Waals surface area contributed by atoms with Gasteiger partial charge in [0.1, 0.15) is 0 Å². The van der Waals surface area contributed by atoms with Gasteiger partial charge in [-0.15, -0.1) is 16.7 Å². The second-order valence-electron chi connectivity index (χ2n) is 4.34. The van der Waals surface area contributed by atoms with E-state index in [4.69, 9.17) is 11.6 Å². The van der Waals surface area contributed by atoms with Crippen LogP contribution < -0.4 is 0 Å². The molecule has 1 aliphatic carbocycles. The molecule has 0 radical (unpaired) electrons. The number of nitrogens with zero attached hydrogens (tertiary/aromatic N) is 3. The number of alkyl halides is 1. The van der Waals surface area contributed by atoms with Crippen LogP contribution in [0.3, 0.4) is 0 Å². The first-order valence-corrected chi connectivity index (χ1v) is 6.35. The Labute approximate surface area is 95.8 Å². The van der Waals surface area contributed by atoms with E-state index in [1.165, 1.54) is 32.1 Å². The minimum Gasteiger partial charge on any atom is -0.249 e. The standard InChI is InChI=1S/C11H18ClN3/c1-2-9-5-3-4-6-11(9)15-8-10(7-12)13-14-15/h8-9,11H,2-7H2,1H3. The molecule has 2 rings (SSSR count). The number of hydrogen-bond acceptors (Lipinski definition) is 2. The van der Waals surface area contributed by atoms with Crippen LogP contribution in [0.4, 0.5) is 0 Å². The smallest absolute Gasteiger partial charge is 0.0974 e. The summed E-state index contributed by atoms with van der Waals surface area (Å²) in [7, 11) is 0. The summed E-state index contributed by atoms with van der Waals surface area (Å²) >= 11 is 5.73. The van der Waals surface area contributed by atoms with Gasteiger partial charge in [-0.05, 0) is 18.8 Å². The lowest BCUT2D eigenvalue weighted by molar-refractivity contribution is 0.214. The second-order valence-corrected chi connectivity index (χ2v) is 4.61. The number of aromatic nitrogens is 3. The van der Waals surface area contributed by atoms with E-state index in [2.05, 4.69) is 17.2 Å². The third-order valence-electron chi connectivity index (χ3n) is 3.43. The zero-order chi connectivity index (χ0) is 10.7. The Morgan fingerprint density at radius 3 is 2.93 bits per heavy atom. The van der Waals surface area contributed by atoms with Gasteiger partial charge in [0.15, 0.2) is 0 Å². The van der Waals surface area contributed by atoms with Gasteiger partial charge < -0.3 is 0 Å². The fourth-order valence-electron chi connectivity index (χ4n) is 2.55. The van der Waals surface area contributed by atoms with Crippen LogP contribution in [0, 0.1) is 5.92 Å². The first-order valence-electron chi connectivity index (χ1n) is 5.81. The fraction of sp³-hybridized carbons (Fsp3) is 0.818. The molecule has 1 saturated carbocycles. The van der Waals surface area contributed by atoms with Crippen molar-refractivity contribution >= 4 is 11.6 Å². The molecule has 0 bridgehead atoms. The Morgan fingerprint density at radius 1 is 1.47 bits per heavy atom. The number of hydrogen-bond donors (Lipinski definition) is 0. The molecular formula is C11H18ClN3. The zero-order valence-corrected chi connectivity index (χ0v) is 9.95. The number of rotatable bonds is 3. The third kappa shape index (κ3) is 2.33. The van der Waals surface area contributed by atoms with E-state index in [9.17, 15) is 0 Å². The highest BCUT2D eigenvalue weighted by Gasteiger charge is 2.25. The van der Waals surface area contributed by atoms with Gasteiger partial charge in [0, 0.05) is 6.20 Å².